The lowest BCUT2D eigenvalue weighted by Crippen LogP contribution is -1.99. The summed E-state index contributed by atoms with van der Waals surface area (Å²) in [5.74, 6) is 0. The highest BCUT2D eigenvalue weighted by Gasteiger charge is 2.18. The monoisotopic (exact) mass is 163 g/mol. The molecule has 0 radical (unpaired) electrons. The Hall–Kier alpha value is -0.890. The number of hydrogen-bond acceptors (Lipinski definition) is 2. The van der Waals surface area contributed by atoms with E-state index < -0.39 is 0 Å². The minimum Gasteiger partial charge on any atom is -0.372 e. The van der Waals surface area contributed by atoms with Crippen LogP contribution >= 0.6 is 0 Å². The molecule has 0 bridgehead atoms. The summed E-state index contributed by atoms with van der Waals surface area (Å²) in [6, 6.07) is 6.10. The average Bonchev–Trinajstić information content (AvgIpc) is 2.56. The maximum atomic E-state index is 5.53. The van der Waals surface area contributed by atoms with Gasteiger partial charge in [0.1, 0.15) is 0 Å². The minimum absolute atomic E-state index is 0.255. The second kappa shape index (κ2) is 3.23. The highest BCUT2D eigenvalue weighted by Crippen LogP contribution is 2.26. The predicted octanol–water partition coefficient (Wildman–Crippen LogP) is 2.24. The molecule has 2 nitrogen and oxygen atoms in total. The van der Waals surface area contributed by atoms with Gasteiger partial charge in [-0.1, -0.05) is 6.07 Å². The zero-order valence-electron chi connectivity index (χ0n) is 7.29. The van der Waals surface area contributed by atoms with E-state index in [2.05, 4.69) is 4.98 Å². The van der Waals surface area contributed by atoms with Gasteiger partial charge in [-0.25, -0.2) is 0 Å². The highest BCUT2D eigenvalue weighted by molar-refractivity contribution is 5.12. The fourth-order valence-corrected chi connectivity index (χ4v) is 1.55. The van der Waals surface area contributed by atoms with Crippen LogP contribution in [0.3, 0.4) is 0 Å². The Morgan fingerprint density at radius 1 is 1.50 bits per heavy atom. The van der Waals surface area contributed by atoms with Gasteiger partial charge in [0.25, 0.3) is 0 Å². The molecule has 1 saturated heterocycles. The van der Waals surface area contributed by atoms with Gasteiger partial charge < -0.3 is 4.74 Å². The molecule has 0 aromatic carbocycles. The Morgan fingerprint density at radius 2 is 2.42 bits per heavy atom. The highest BCUT2D eigenvalue weighted by atomic mass is 16.5. The fourth-order valence-electron chi connectivity index (χ4n) is 1.55. The van der Waals surface area contributed by atoms with Crippen molar-refractivity contribution in [3.8, 4) is 0 Å². The van der Waals surface area contributed by atoms with E-state index in [1.54, 1.807) is 0 Å². The van der Waals surface area contributed by atoms with Crippen LogP contribution in [0.1, 0.15) is 30.3 Å². The summed E-state index contributed by atoms with van der Waals surface area (Å²) in [6.45, 7) is 2.90. The first-order valence-corrected chi connectivity index (χ1v) is 4.41. The molecule has 0 aliphatic carbocycles. The van der Waals surface area contributed by atoms with Crippen molar-refractivity contribution in [2.24, 2.45) is 0 Å². The molecular formula is C10H13NO. The fraction of sp³-hybridized carbons (Fsp3) is 0.500. The smallest absolute Gasteiger partial charge is 0.0995 e. The maximum absolute atomic E-state index is 5.53. The summed E-state index contributed by atoms with van der Waals surface area (Å²) in [6.07, 6.45) is 2.54. The predicted molar refractivity (Wildman–Crippen MR) is 46.9 cm³/mol. The lowest BCUT2D eigenvalue weighted by molar-refractivity contribution is 0.108. The van der Waals surface area contributed by atoms with Crippen LogP contribution in [-0.2, 0) is 4.74 Å². The normalized spacial score (nSPS) is 22.9. The van der Waals surface area contributed by atoms with Gasteiger partial charge in [0, 0.05) is 12.3 Å². The van der Waals surface area contributed by atoms with Crippen LogP contribution in [0.15, 0.2) is 18.2 Å². The summed E-state index contributed by atoms with van der Waals surface area (Å²) in [5, 5.41) is 0. The van der Waals surface area contributed by atoms with Crippen LogP contribution in [0.5, 0.6) is 0 Å². The molecule has 1 aromatic heterocycles. The first kappa shape index (κ1) is 7.74. The molecule has 1 aromatic rings. The van der Waals surface area contributed by atoms with Crippen LogP contribution in [0, 0.1) is 6.92 Å². The summed E-state index contributed by atoms with van der Waals surface area (Å²) in [5.41, 5.74) is 2.16. The van der Waals surface area contributed by atoms with E-state index in [1.165, 1.54) is 6.42 Å². The van der Waals surface area contributed by atoms with Crippen LogP contribution < -0.4 is 0 Å². The van der Waals surface area contributed by atoms with E-state index >= 15 is 0 Å². The van der Waals surface area contributed by atoms with Gasteiger partial charge in [-0.3, -0.25) is 4.98 Å². The lowest BCUT2D eigenvalue weighted by atomic mass is 10.1. The van der Waals surface area contributed by atoms with E-state index in [1.807, 2.05) is 25.1 Å². The zero-order chi connectivity index (χ0) is 8.39. The topological polar surface area (TPSA) is 22.1 Å². The SMILES string of the molecule is Cc1cccc(C2CCCO2)n1. The Morgan fingerprint density at radius 3 is 3.08 bits per heavy atom. The third kappa shape index (κ3) is 1.48. The van der Waals surface area contributed by atoms with Gasteiger partial charge in [0.2, 0.25) is 0 Å². The van der Waals surface area contributed by atoms with Gasteiger partial charge in [-0.05, 0) is 31.9 Å². The lowest BCUT2D eigenvalue weighted by Gasteiger charge is -2.08. The van der Waals surface area contributed by atoms with Gasteiger partial charge in [0.05, 0.1) is 11.8 Å². The second-order valence-electron chi connectivity index (χ2n) is 3.21. The molecule has 1 fully saturated rings. The van der Waals surface area contributed by atoms with Crippen LogP contribution in [-0.4, -0.2) is 11.6 Å². The Bertz CT molecular complexity index is 266. The van der Waals surface area contributed by atoms with E-state index in [0.717, 1.165) is 24.4 Å². The number of rotatable bonds is 1. The number of aromatic nitrogens is 1. The number of pyridine rings is 1. The molecule has 2 rings (SSSR count). The maximum Gasteiger partial charge on any atom is 0.0995 e. The first-order valence-electron chi connectivity index (χ1n) is 4.41. The molecule has 0 N–H and O–H groups in total. The van der Waals surface area contributed by atoms with Gasteiger partial charge in [-0.15, -0.1) is 0 Å². The first-order chi connectivity index (χ1) is 5.86. The number of ether oxygens (including phenoxy) is 1. The van der Waals surface area contributed by atoms with Crippen molar-refractivity contribution < 1.29 is 4.74 Å². The molecular weight excluding hydrogens is 150 g/mol. The third-order valence-corrected chi connectivity index (χ3v) is 2.17. The van der Waals surface area contributed by atoms with Crippen molar-refractivity contribution in [2.75, 3.05) is 6.61 Å². The Kier molecular flexibility index (Phi) is 2.09. The molecule has 0 saturated carbocycles. The molecule has 1 aliphatic heterocycles. The quantitative estimate of drug-likeness (QED) is 0.633. The minimum atomic E-state index is 0.255. The summed E-state index contributed by atoms with van der Waals surface area (Å²) >= 11 is 0. The van der Waals surface area contributed by atoms with Gasteiger partial charge in [0.15, 0.2) is 0 Å². The van der Waals surface area contributed by atoms with E-state index in [-0.39, 0.29) is 6.10 Å². The Balaban J connectivity index is 2.21. The van der Waals surface area contributed by atoms with E-state index in [4.69, 9.17) is 4.74 Å². The van der Waals surface area contributed by atoms with Crippen LogP contribution in [0.2, 0.25) is 0 Å². The molecule has 1 atom stereocenters. The third-order valence-electron chi connectivity index (χ3n) is 2.17. The molecule has 2 heterocycles. The second-order valence-corrected chi connectivity index (χ2v) is 3.21. The van der Waals surface area contributed by atoms with Crippen molar-refractivity contribution >= 4 is 0 Å². The van der Waals surface area contributed by atoms with E-state index in [9.17, 15) is 0 Å². The number of nitrogens with zero attached hydrogens (tertiary/aromatic N) is 1. The number of hydrogen-bond donors (Lipinski definition) is 0. The van der Waals surface area contributed by atoms with Crippen molar-refractivity contribution in [1.29, 1.82) is 0 Å². The molecule has 0 amide bonds. The van der Waals surface area contributed by atoms with Gasteiger partial charge in [-0.2, -0.15) is 0 Å². The van der Waals surface area contributed by atoms with E-state index in [0.29, 0.717) is 0 Å². The molecule has 2 heteroatoms. The van der Waals surface area contributed by atoms with Crippen molar-refractivity contribution in [3.05, 3.63) is 29.6 Å². The molecule has 12 heavy (non-hydrogen) atoms. The molecule has 1 aliphatic rings. The largest absolute Gasteiger partial charge is 0.372 e. The van der Waals surface area contributed by atoms with Crippen molar-refractivity contribution in [1.82, 2.24) is 4.98 Å². The molecule has 0 spiro atoms. The standard InChI is InChI=1S/C10H13NO/c1-8-4-2-5-9(11-8)10-6-3-7-12-10/h2,4-5,10H,3,6-7H2,1H3. The Labute approximate surface area is 72.6 Å². The average molecular weight is 163 g/mol. The number of aryl methyl sites for hydroxylation is 1. The van der Waals surface area contributed by atoms with Gasteiger partial charge >= 0.3 is 0 Å². The van der Waals surface area contributed by atoms with Crippen molar-refractivity contribution in [3.63, 3.8) is 0 Å². The molecule has 64 valence electrons. The van der Waals surface area contributed by atoms with Crippen LogP contribution in [0.4, 0.5) is 0 Å². The van der Waals surface area contributed by atoms with Crippen LogP contribution in [0.25, 0.3) is 0 Å². The summed E-state index contributed by atoms with van der Waals surface area (Å²) in [4.78, 5) is 4.43. The summed E-state index contributed by atoms with van der Waals surface area (Å²) < 4.78 is 5.53. The summed E-state index contributed by atoms with van der Waals surface area (Å²) in [7, 11) is 0. The molecule has 1 unspecified atom stereocenters. The van der Waals surface area contributed by atoms with Crippen molar-refractivity contribution in [2.45, 2.75) is 25.9 Å². The zero-order valence-corrected chi connectivity index (χ0v) is 7.29.